The van der Waals surface area contributed by atoms with Crippen molar-refractivity contribution in [3.8, 4) is 0 Å². The van der Waals surface area contributed by atoms with E-state index in [1.165, 1.54) is 6.07 Å². The summed E-state index contributed by atoms with van der Waals surface area (Å²) in [4.78, 5) is 70.6. The smallest absolute Gasteiger partial charge is 0.259 e. The van der Waals surface area contributed by atoms with Crippen molar-refractivity contribution in [2.45, 2.75) is 52.0 Å². The number of carbonyl (C=O) groups is 2. The minimum absolute atomic E-state index is 0.0648. The molecule has 2 atom stereocenters. The third kappa shape index (κ3) is 13.2. The van der Waals surface area contributed by atoms with E-state index in [-0.39, 0.29) is 34.2 Å². The number of β-amino-alcohol motifs (C(OH)–C–C–N with tert-alkyl or cyclic N) is 2. The topological polar surface area (TPSA) is 230 Å². The van der Waals surface area contributed by atoms with Crippen molar-refractivity contribution in [1.82, 2.24) is 35.1 Å². The van der Waals surface area contributed by atoms with E-state index in [1.807, 2.05) is 43.1 Å². The van der Waals surface area contributed by atoms with Crippen molar-refractivity contribution >= 4 is 62.4 Å². The summed E-state index contributed by atoms with van der Waals surface area (Å²) < 4.78 is 10.8. The van der Waals surface area contributed by atoms with Crippen LogP contribution in [0.15, 0.2) is 82.6 Å². The van der Waals surface area contributed by atoms with Gasteiger partial charge in [0.25, 0.3) is 11.8 Å². The number of hydrogen-bond donors (Lipinski definition) is 7. The molecule has 4 aromatic heterocycles. The molecule has 10 rings (SSSR count). The van der Waals surface area contributed by atoms with Gasteiger partial charge in [-0.1, -0.05) is 11.6 Å². The van der Waals surface area contributed by atoms with Crippen LogP contribution in [0.25, 0.3) is 21.8 Å². The lowest BCUT2D eigenvalue weighted by atomic mass is 10.1. The molecule has 0 aliphatic carbocycles. The van der Waals surface area contributed by atoms with Gasteiger partial charge in [-0.05, 0) is 104 Å². The predicted molar refractivity (Wildman–Crippen MR) is 267 cm³/mol. The van der Waals surface area contributed by atoms with Crippen LogP contribution < -0.4 is 32.0 Å². The number of benzene rings is 2. The summed E-state index contributed by atoms with van der Waals surface area (Å²) >= 11 is 6.19. The molecule has 6 aromatic rings. The number of rotatable bonds is 9. The summed E-state index contributed by atoms with van der Waals surface area (Å²) in [6.45, 7) is 14.2. The Balaban J connectivity index is 0.000000167. The third-order valence-corrected chi connectivity index (χ3v) is 12.7. The van der Waals surface area contributed by atoms with Gasteiger partial charge in [-0.3, -0.25) is 29.0 Å². The molecule has 0 bridgehead atoms. The zero-order valence-corrected chi connectivity index (χ0v) is 39.6. The van der Waals surface area contributed by atoms with Crippen molar-refractivity contribution in [1.29, 1.82) is 0 Å². The van der Waals surface area contributed by atoms with Gasteiger partial charge in [0.15, 0.2) is 0 Å². The largest absolute Gasteiger partial charge is 0.392 e. The Morgan fingerprint density at radius 2 is 1.22 bits per heavy atom. The minimum atomic E-state index is -0.420. The van der Waals surface area contributed by atoms with Crippen LogP contribution in [0.3, 0.4) is 0 Å². The number of morpholine rings is 2. The highest BCUT2D eigenvalue weighted by Crippen LogP contribution is 2.27. The molecule has 0 spiro atoms. The Bertz CT molecular complexity index is 2890. The molecular weight excluding hydrogens is 904 g/mol. The van der Waals surface area contributed by atoms with Gasteiger partial charge in [0.1, 0.15) is 11.0 Å². The molecule has 18 nitrogen and oxygen atoms in total. The quantitative estimate of drug-likeness (QED) is 0.101. The molecule has 4 aliphatic heterocycles. The van der Waals surface area contributed by atoms with E-state index in [0.29, 0.717) is 87.3 Å². The second-order valence-electron chi connectivity index (χ2n) is 17.8. The van der Waals surface area contributed by atoms with Crippen molar-refractivity contribution in [3.63, 3.8) is 0 Å². The highest BCUT2D eigenvalue weighted by Gasteiger charge is 2.27. The van der Waals surface area contributed by atoms with Gasteiger partial charge in [0, 0.05) is 117 Å². The Morgan fingerprint density at radius 3 is 1.70 bits per heavy atom. The van der Waals surface area contributed by atoms with E-state index in [0.717, 1.165) is 89.7 Å². The van der Waals surface area contributed by atoms with Crippen LogP contribution >= 0.6 is 11.6 Å². The number of carbonyl (C=O) groups excluding carboxylic acids is 2. The molecule has 2 amide bonds. The van der Waals surface area contributed by atoms with Gasteiger partial charge < -0.3 is 50.5 Å². The number of aliphatic hydroxyl groups is 2. The predicted octanol–water partition coefficient (Wildman–Crippen LogP) is 4.20. The highest BCUT2D eigenvalue weighted by atomic mass is 35.5. The van der Waals surface area contributed by atoms with Crippen LogP contribution in [0.4, 0.5) is 17.2 Å². The molecule has 0 saturated carbocycles. The number of aliphatic hydroxyl groups excluding tert-OH is 2. The molecule has 0 radical (unpaired) electrons. The number of hydrogen-bond acceptors (Lipinski definition) is 14. The lowest BCUT2D eigenvalue weighted by molar-refractivity contribution is 0.0341. The van der Waals surface area contributed by atoms with E-state index in [9.17, 15) is 24.3 Å². The number of fused-ring (bicyclic) bond motifs is 2. The maximum Gasteiger partial charge on any atom is 0.259 e. The molecule has 7 N–H and O–H groups in total. The Kier molecular flexibility index (Phi) is 16.5. The first-order valence-electron chi connectivity index (χ1n) is 23.3. The molecule has 2 aromatic carbocycles. The number of nitrogens with zero attached hydrogens (tertiary/aromatic N) is 5. The summed E-state index contributed by atoms with van der Waals surface area (Å²) in [5.74, 6) is 0.00276. The molecule has 8 heterocycles. The first kappa shape index (κ1) is 49.3. The average molecular weight is 964 g/mol. The molecule has 69 heavy (non-hydrogen) atoms. The molecule has 2 unspecified atom stereocenters. The number of amides is 2. The zero-order chi connectivity index (χ0) is 48.4. The van der Waals surface area contributed by atoms with E-state index in [4.69, 9.17) is 26.2 Å². The van der Waals surface area contributed by atoms with Crippen molar-refractivity contribution in [2.75, 3.05) is 94.3 Å². The summed E-state index contributed by atoms with van der Waals surface area (Å²) in [6.07, 6.45) is 4.62. The van der Waals surface area contributed by atoms with Crippen molar-refractivity contribution < 1.29 is 29.3 Å². The number of nitrogens with one attached hydrogen (secondary N) is 5. The van der Waals surface area contributed by atoms with Crippen LogP contribution in [-0.2, 0) is 22.6 Å². The van der Waals surface area contributed by atoms with Crippen LogP contribution in [0.1, 0.15) is 55.8 Å². The SMILES string of the molecule is Cc1cc(=O)[nH]c2ccc(NC(=O)c3cc(CN4CCOCC4)cnc3Cl)cc12.Cc1cc(=O)[nH]c2ccc(NC(=O)c3cc(CN4CCOCC4)cnc3N3CCC(O)C3)cc12.OC1CCNC1. The summed E-state index contributed by atoms with van der Waals surface area (Å²) in [6, 6.07) is 17.5. The number of halogens is 1. The molecule has 364 valence electrons. The van der Waals surface area contributed by atoms with Gasteiger partial charge in [0.2, 0.25) is 11.1 Å². The monoisotopic (exact) mass is 962 g/mol. The Hall–Kier alpha value is -6.09. The first-order chi connectivity index (χ1) is 33.3. The molecule has 4 fully saturated rings. The first-order valence-corrected chi connectivity index (χ1v) is 23.7. The lowest BCUT2D eigenvalue weighted by Crippen LogP contribution is -2.35. The second-order valence-corrected chi connectivity index (χ2v) is 18.1. The van der Waals surface area contributed by atoms with Crippen LogP contribution in [0, 0.1) is 13.8 Å². The van der Waals surface area contributed by atoms with Crippen LogP contribution in [-0.4, -0.2) is 143 Å². The number of aromatic nitrogens is 4. The van der Waals surface area contributed by atoms with Crippen LogP contribution in [0.5, 0.6) is 0 Å². The van der Waals surface area contributed by atoms with Crippen molar-refractivity contribution in [2.24, 2.45) is 0 Å². The lowest BCUT2D eigenvalue weighted by Gasteiger charge is -2.27. The van der Waals surface area contributed by atoms with E-state index in [1.54, 1.807) is 42.6 Å². The molecule has 4 aliphatic rings. The Morgan fingerprint density at radius 1 is 0.696 bits per heavy atom. The Labute approximate surface area is 404 Å². The maximum absolute atomic E-state index is 13.5. The fourth-order valence-corrected chi connectivity index (χ4v) is 8.94. The van der Waals surface area contributed by atoms with Gasteiger partial charge in [-0.25, -0.2) is 9.97 Å². The minimum Gasteiger partial charge on any atom is -0.392 e. The highest BCUT2D eigenvalue weighted by molar-refractivity contribution is 6.33. The number of ether oxygens (including phenoxy) is 2. The average Bonchev–Trinajstić information content (AvgIpc) is 4.01. The number of aromatic amines is 2. The summed E-state index contributed by atoms with van der Waals surface area (Å²) in [5, 5.41) is 29.5. The fraction of sp³-hybridized carbons (Fsp3) is 0.400. The summed E-state index contributed by atoms with van der Waals surface area (Å²) in [5.41, 5.74) is 6.78. The zero-order valence-electron chi connectivity index (χ0n) is 38.9. The molecular formula is C50H59ClN10O8. The molecule has 19 heteroatoms. The molecule has 4 saturated heterocycles. The second kappa shape index (κ2) is 23.0. The third-order valence-electron chi connectivity index (χ3n) is 12.4. The number of aryl methyl sites for hydroxylation is 2. The van der Waals surface area contributed by atoms with Gasteiger partial charge in [-0.2, -0.15) is 0 Å². The number of pyridine rings is 4. The maximum atomic E-state index is 13.5. The van der Waals surface area contributed by atoms with Gasteiger partial charge in [-0.15, -0.1) is 0 Å². The summed E-state index contributed by atoms with van der Waals surface area (Å²) in [7, 11) is 0. The van der Waals surface area contributed by atoms with Gasteiger partial charge >= 0.3 is 0 Å². The normalized spacial score (nSPS) is 18.6. The number of H-pyrrole nitrogens is 2. The van der Waals surface area contributed by atoms with E-state index < -0.39 is 6.10 Å². The fourth-order valence-electron chi connectivity index (χ4n) is 8.75. The van der Waals surface area contributed by atoms with E-state index >= 15 is 0 Å². The van der Waals surface area contributed by atoms with E-state index in [2.05, 4.69) is 45.7 Å². The standard InChI is InChI=1S/C25H29N5O4.C21H21ClN4O3.C4H9NO/c1-16-10-23(32)28-22-3-2-18(12-20(16)22)27-25(33)21-11-17(14-29-6-8-34-9-7-29)13-26-24(21)30-5-4-19(31)15-30;1-13-8-19(27)25-18-3-2-15(10-16(13)18)24-21(28)17-9-14(11-23-20(17)22)12-26-4-6-29-7-5-26;6-4-1-2-5-3-4/h2-3,10-13,19,31H,4-9,14-15H2,1H3,(H,27,33)(H,28,32);2-3,8-11H,4-7,12H2,1H3,(H,24,28)(H,25,27);4-6H,1-3H2. The van der Waals surface area contributed by atoms with Crippen molar-refractivity contribution in [3.05, 3.63) is 132 Å². The number of anilines is 3. The van der Waals surface area contributed by atoms with Gasteiger partial charge in [0.05, 0.1) is 49.8 Å². The van der Waals surface area contributed by atoms with Crippen LogP contribution in [0.2, 0.25) is 5.15 Å².